The summed E-state index contributed by atoms with van der Waals surface area (Å²) in [6.07, 6.45) is 8.01. The van der Waals surface area contributed by atoms with Gasteiger partial charge in [-0.15, -0.1) is 0 Å². The summed E-state index contributed by atoms with van der Waals surface area (Å²) < 4.78 is 14.0. The Labute approximate surface area is 93.6 Å². The lowest BCUT2D eigenvalue weighted by molar-refractivity contribution is 0.0644. The Morgan fingerprint density at radius 3 is 2.00 bits per heavy atom. The molecule has 0 amide bonds. The van der Waals surface area contributed by atoms with Gasteiger partial charge >= 0.3 is 0 Å². The highest BCUT2D eigenvalue weighted by molar-refractivity contribution is 4.85. The molecule has 0 bridgehead atoms. The van der Waals surface area contributed by atoms with E-state index in [2.05, 4.69) is 13.8 Å². The summed E-state index contributed by atoms with van der Waals surface area (Å²) in [6, 6.07) is 0. The van der Waals surface area contributed by atoms with Crippen molar-refractivity contribution in [1.82, 2.24) is 0 Å². The first-order chi connectivity index (χ1) is 7.16. The molecule has 2 rings (SSSR count). The first-order valence-electron chi connectivity index (χ1n) is 6.81. The third kappa shape index (κ3) is 2.73. The second-order valence-electron chi connectivity index (χ2n) is 6.12. The van der Waals surface area contributed by atoms with Crippen molar-refractivity contribution >= 4 is 0 Å². The van der Waals surface area contributed by atoms with Crippen molar-refractivity contribution in [2.45, 2.75) is 65.0 Å². The van der Waals surface area contributed by atoms with Crippen LogP contribution in [-0.4, -0.2) is 6.17 Å². The van der Waals surface area contributed by atoms with Gasteiger partial charge in [-0.1, -0.05) is 33.1 Å². The molecule has 0 heterocycles. The van der Waals surface area contributed by atoms with Crippen molar-refractivity contribution in [3.8, 4) is 0 Å². The summed E-state index contributed by atoms with van der Waals surface area (Å²) in [5, 5.41) is 0. The zero-order chi connectivity index (χ0) is 10.8. The molecule has 2 aliphatic rings. The maximum atomic E-state index is 14.0. The summed E-state index contributed by atoms with van der Waals surface area (Å²) in [5.41, 5.74) is 0. The topological polar surface area (TPSA) is 0 Å². The Morgan fingerprint density at radius 1 is 0.800 bits per heavy atom. The number of alkyl halides is 1. The lowest BCUT2D eigenvalue weighted by Gasteiger charge is -2.38. The minimum absolute atomic E-state index is 0.411. The monoisotopic (exact) mass is 212 g/mol. The normalized spacial score (nSPS) is 47.8. The fourth-order valence-electron chi connectivity index (χ4n) is 3.58. The summed E-state index contributed by atoms with van der Waals surface area (Å²) >= 11 is 0. The van der Waals surface area contributed by atoms with Crippen LogP contribution >= 0.6 is 0 Å². The zero-order valence-electron chi connectivity index (χ0n) is 10.2. The molecule has 0 N–H and O–H groups in total. The molecule has 2 fully saturated rings. The van der Waals surface area contributed by atoms with Gasteiger partial charge in [0.25, 0.3) is 0 Å². The van der Waals surface area contributed by atoms with Crippen LogP contribution in [-0.2, 0) is 0 Å². The number of hydrogen-bond acceptors (Lipinski definition) is 0. The molecular weight excluding hydrogens is 187 g/mol. The summed E-state index contributed by atoms with van der Waals surface area (Å²) in [7, 11) is 0. The lowest BCUT2D eigenvalue weighted by atomic mass is 9.69. The zero-order valence-corrected chi connectivity index (χ0v) is 10.2. The Bertz CT molecular complexity index is 194. The van der Waals surface area contributed by atoms with Gasteiger partial charge < -0.3 is 0 Å². The highest BCUT2D eigenvalue weighted by atomic mass is 19.1. The van der Waals surface area contributed by atoms with E-state index >= 15 is 0 Å². The van der Waals surface area contributed by atoms with Crippen LogP contribution in [0.1, 0.15) is 58.8 Å². The van der Waals surface area contributed by atoms with Gasteiger partial charge in [-0.2, -0.15) is 0 Å². The highest BCUT2D eigenvalue weighted by Crippen LogP contribution is 2.42. The molecule has 0 saturated heterocycles. The third-order valence-electron chi connectivity index (χ3n) is 4.75. The highest BCUT2D eigenvalue weighted by Gasteiger charge is 2.35. The number of hydrogen-bond donors (Lipinski definition) is 0. The van der Waals surface area contributed by atoms with Crippen molar-refractivity contribution in [2.24, 2.45) is 23.7 Å². The molecule has 0 aromatic heterocycles. The third-order valence-corrected chi connectivity index (χ3v) is 4.75. The largest absolute Gasteiger partial charge is 0.247 e. The Morgan fingerprint density at radius 2 is 1.40 bits per heavy atom. The van der Waals surface area contributed by atoms with E-state index in [1.807, 2.05) is 0 Å². The minimum atomic E-state index is -0.493. The molecule has 2 saturated carbocycles. The predicted molar refractivity (Wildman–Crippen MR) is 62.5 cm³/mol. The maximum absolute atomic E-state index is 14.0. The van der Waals surface area contributed by atoms with Crippen LogP contribution in [0.25, 0.3) is 0 Å². The second-order valence-corrected chi connectivity index (χ2v) is 6.12. The van der Waals surface area contributed by atoms with E-state index in [9.17, 15) is 4.39 Å². The van der Waals surface area contributed by atoms with Gasteiger partial charge in [0.2, 0.25) is 0 Å². The van der Waals surface area contributed by atoms with Gasteiger partial charge in [0.05, 0.1) is 0 Å². The Balaban J connectivity index is 1.87. The summed E-state index contributed by atoms with van der Waals surface area (Å²) in [6.45, 7) is 4.54. The van der Waals surface area contributed by atoms with Crippen molar-refractivity contribution in [2.75, 3.05) is 0 Å². The smallest absolute Gasteiger partial charge is 0.103 e. The first kappa shape index (κ1) is 11.4. The summed E-state index contributed by atoms with van der Waals surface area (Å²) in [4.78, 5) is 0. The molecule has 0 nitrogen and oxygen atoms in total. The Kier molecular flexibility index (Phi) is 3.69. The van der Waals surface area contributed by atoms with Crippen LogP contribution in [0.3, 0.4) is 0 Å². The van der Waals surface area contributed by atoms with E-state index in [0.29, 0.717) is 17.8 Å². The van der Waals surface area contributed by atoms with E-state index < -0.39 is 6.17 Å². The van der Waals surface area contributed by atoms with Crippen LogP contribution in [0.5, 0.6) is 0 Å². The van der Waals surface area contributed by atoms with Crippen LogP contribution in [0.4, 0.5) is 4.39 Å². The molecule has 2 aliphatic carbocycles. The van der Waals surface area contributed by atoms with E-state index in [1.54, 1.807) is 0 Å². The maximum Gasteiger partial charge on any atom is 0.103 e. The molecule has 88 valence electrons. The van der Waals surface area contributed by atoms with E-state index in [4.69, 9.17) is 0 Å². The van der Waals surface area contributed by atoms with Crippen molar-refractivity contribution in [3.63, 3.8) is 0 Å². The molecule has 3 atom stereocenters. The molecule has 0 spiro atoms. The van der Waals surface area contributed by atoms with Crippen LogP contribution in [0.2, 0.25) is 0 Å². The number of rotatable bonds is 1. The molecule has 0 aliphatic heterocycles. The Hall–Kier alpha value is -0.0700. The second kappa shape index (κ2) is 4.84. The van der Waals surface area contributed by atoms with Gasteiger partial charge in [0.15, 0.2) is 0 Å². The molecule has 1 heteroatoms. The average Bonchev–Trinajstić information content (AvgIpc) is 2.20. The standard InChI is InChI=1S/C14H25F/c1-10-3-6-12(7-4-10)13-8-5-11(2)9-14(13)15/h10-14H,3-9H2,1-2H3. The molecular formula is C14H25F. The number of halogens is 1. The van der Waals surface area contributed by atoms with Crippen LogP contribution in [0.15, 0.2) is 0 Å². The molecule has 0 radical (unpaired) electrons. The minimum Gasteiger partial charge on any atom is -0.247 e. The van der Waals surface area contributed by atoms with E-state index in [1.165, 1.54) is 32.1 Å². The SMILES string of the molecule is CC1CCC(C2CCC(C)CC2F)CC1. The van der Waals surface area contributed by atoms with E-state index in [0.717, 1.165) is 18.8 Å². The van der Waals surface area contributed by atoms with Gasteiger partial charge in [0.1, 0.15) is 6.17 Å². The molecule has 0 aromatic rings. The molecule has 3 unspecified atom stereocenters. The van der Waals surface area contributed by atoms with Crippen molar-refractivity contribution in [3.05, 3.63) is 0 Å². The first-order valence-corrected chi connectivity index (χ1v) is 6.81. The van der Waals surface area contributed by atoms with Crippen molar-refractivity contribution in [1.29, 1.82) is 0 Å². The van der Waals surface area contributed by atoms with Gasteiger partial charge in [-0.25, -0.2) is 4.39 Å². The molecule has 15 heavy (non-hydrogen) atoms. The van der Waals surface area contributed by atoms with Gasteiger partial charge in [-0.05, 0) is 49.4 Å². The molecule has 0 aromatic carbocycles. The van der Waals surface area contributed by atoms with Crippen LogP contribution < -0.4 is 0 Å². The van der Waals surface area contributed by atoms with Crippen molar-refractivity contribution < 1.29 is 4.39 Å². The van der Waals surface area contributed by atoms with Crippen LogP contribution in [0, 0.1) is 23.7 Å². The van der Waals surface area contributed by atoms with Gasteiger partial charge in [-0.3, -0.25) is 0 Å². The lowest BCUT2D eigenvalue weighted by Crippen LogP contribution is -2.33. The quantitative estimate of drug-likeness (QED) is 0.596. The summed E-state index contributed by atoms with van der Waals surface area (Å²) in [5.74, 6) is 2.64. The van der Waals surface area contributed by atoms with Gasteiger partial charge in [0, 0.05) is 0 Å². The fourth-order valence-corrected chi connectivity index (χ4v) is 3.58. The predicted octanol–water partition coefficient (Wildman–Crippen LogP) is 4.59. The fraction of sp³-hybridized carbons (Fsp3) is 1.00. The average molecular weight is 212 g/mol. The van der Waals surface area contributed by atoms with E-state index in [-0.39, 0.29) is 0 Å².